The zero-order chi connectivity index (χ0) is 29.5. The highest BCUT2D eigenvalue weighted by Crippen LogP contribution is 2.45. The van der Waals surface area contributed by atoms with Crippen LogP contribution in [0.4, 0.5) is 0 Å². The van der Waals surface area contributed by atoms with E-state index < -0.39 is 0 Å². The molecule has 3 heteroatoms. The third-order valence-electron chi connectivity index (χ3n) is 9.19. The van der Waals surface area contributed by atoms with Gasteiger partial charge in [0.1, 0.15) is 11.1 Å². The highest BCUT2D eigenvalue weighted by atomic mass is 32.1. The molecule has 0 atom stereocenters. The van der Waals surface area contributed by atoms with Crippen molar-refractivity contribution >= 4 is 75.3 Å². The third-order valence-corrected chi connectivity index (χ3v) is 10.4. The normalized spacial score (nSPS) is 12.0. The molecule has 45 heavy (non-hydrogen) atoms. The van der Waals surface area contributed by atoms with Crippen LogP contribution in [0.3, 0.4) is 0 Å². The summed E-state index contributed by atoms with van der Waals surface area (Å²) in [5, 5.41) is 7.51. The summed E-state index contributed by atoms with van der Waals surface area (Å²) in [6.45, 7) is 0. The molecule has 0 aliphatic heterocycles. The molecule has 0 fully saturated rings. The van der Waals surface area contributed by atoms with Gasteiger partial charge in [-0.25, -0.2) is 0 Å². The fourth-order valence-electron chi connectivity index (χ4n) is 7.24. The molecule has 0 N–H and O–H groups in total. The number of fused-ring (bicyclic) bond motifs is 10. The van der Waals surface area contributed by atoms with Gasteiger partial charge in [0.25, 0.3) is 0 Å². The molecule has 0 unspecified atom stereocenters. The van der Waals surface area contributed by atoms with Gasteiger partial charge >= 0.3 is 0 Å². The van der Waals surface area contributed by atoms with E-state index in [2.05, 4.69) is 156 Å². The number of para-hydroxylation sites is 2. The van der Waals surface area contributed by atoms with E-state index in [1.54, 1.807) is 0 Å². The van der Waals surface area contributed by atoms with Gasteiger partial charge in [-0.15, -0.1) is 11.3 Å². The Morgan fingerprint density at radius 2 is 1.22 bits per heavy atom. The van der Waals surface area contributed by atoms with Gasteiger partial charge in [0.15, 0.2) is 5.58 Å². The van der Waals surface area contributed by atoms with Crippen LogP contribution in [-0.2, 0) is 0 Å². The molecule has 0 aliphatic rings. The Kier molecular flexibility index (Phi) is 5.19. The van der Waals surface area contributed by atoms with Crippen LogP contribution in [0.5, 0.6) is 0 Å². The van der Waals surface area contributed by atoms with E-state index in [0.29, 0.717) is 0 Å². The molecule has 10 aromatic rings. The lowest BCUT2D eigenvalue weighted by Gasteiger charge is -2.11. The maximum absolute atomic E-state index is 6.66. The summed E-state index contributed by atoms with van der Waals surface area (Å²) >= 11 is 1.89. The number of nitrogens with zero attached hydrogens (tertiary/aromatic N) is 1. The Bertz CT molecular complexity index is 2760. The minimum atomic E-state index is 0.899. The Labute approximate surface area is 263 Å². The van der Waals surface area contributed by atoms with Crippen molar-refractivity contribution in [3.8, 4) is 27.9 Å². The van der Waals surface area contributed by atoms with Gasteiger partial charge in [-0.3, -0.25) is 0 Å². The first kappa shape index (κ1) is 24.8. The average Bonchev–Trinajstić information content (AvgIpc) is 3.78. The van der Waals surface area contributed by atoms with Crippen LogP contribution in [0.15, 0.2) is 156 Å². The van der Waals surface area contributed by atoms with Crippen LogP contribution < -0.4 is 0 Å². The molecule has 10 rings (SSSR count). The van der Waals surface area contributed by atoms with Crippen LogP contribution >= 0.6 is 11.3 Å². The van der Waals surface area contributed by atoms with E-state index in [1.165, 1.54) is 53.2 Å². The molecule has 0 spiro atoms. The highest BCUT2D eigenvalue weighted by molar-refractivity contribution is 7.26. The topological polar surface area (TPSA) is 18.1 Å². The van der Waals surface area contributed by atoms with Gasteiger partial charge in [-0.1, -0.05) is 109 Å². The second-order valence-electron chi connectivity index (χ2n) is 11.7. The predicted molar refractivity (Wildman–Crippen MR) is 192 cm³/mol. The second kappa shape index (κ2) is 9.43. The molecular formula is C42H25NOS. The highest BCUT2D eigenvalue weighted by Gasteiger charge is 2.22. The molecule has 3 aromatic heterocycles. The third kappa shape index (κ3) is 3.56. The molecule has 3 heterocycles. The number of benzene rings is 7. The quantitative estimate of drug-likeness (QED) is 0.200. The number of thiophene rings is 1. The van der Waals surface area contributed by atoms with Gasteiger partial charge in [-0.2, -0.15) is 0 Å². The monoisotopic (exact) mass is 591 g/mol. The lowest BCUT2D eigenvalue weighted by atomic mass is 9.94. The first-order valence-corrected chi connectivity index (χ1v) is 16.1. The summed E-state index contributed by atoms with van der Waals surface area (Å²) in [5.74, 6) is 0. The number of rotatable bonds is 3. The van der Waals surface area contributed by atoms with Crippen LogP contribution in [0.1, 0.15) is 0 Å². The van der Waals surface area contributed by atoms with Crippen LogP contribution in [-0.4, -0.2) is 4.57 Å². The SMILES string of the molecule is c1ccc(-n2c3ccccc3c3oc4cccc(-c5cccc(-c6cccc7sc8c9ccccc9ccc8c67)c5)c4c32)cc1. The smallest absolute Gasteiger partial charge is 0.161 e. The Morgan fingerprint density at radius 3 is 2.09 bits per heavy atom. The number of hydrogen-bond donors (Lipinski definition) is 0. The number of hydrogen-bond acceptors (Lipinski definition) is 2. The second-order valence-corrected chi connectivity index (χ2v) is 12.7. The van der Waals surface area contributed by atoms with Gasteiger partial charge in [0.05, 0.1) is 10.9 Å². The summed E-state index contributed by atoms with van der Waals surface area (Å²) in [7, 11) is 0. The van der Waals surface area contributed by atoms with Crippen molar-refractivity contribution in [2.24, 2.45) is 0 Å². The number of aromatic nitrogens is 1. The standard InChI is InChI=1S/C42H25NOS/c1-2-14-29(15-3-1)43-35-20-7-6-17-33(35)41-40(43)39-31(18-9-21-36(39)44-41)28-13-8-12-27(25-28)30-19-10-22-37-38(30)34-24-23-26-11-4-5-16-32(26)42(34)45-37/h1-25H. The Balaban J connectivity index is 1.24. The van der Waals surface area contributed by atoms with Crippen molar-refractivity contribution in [1.82, 2.24) is 4.57 Å². The van der Waals surface area contributed by atoms with Gasteiger partial charge in [-0.05, 0) is 75.5 Å². The summed E-state index contributed by atoms with van der Waals surface area (Å²) in [6.07, 6.45) is 0. The van der Waals surface area contributed by atoms with E-state index in [-0.39, 0.29) is 0 Å². The van der Waals surface area contributed by atoms with Crippen molar-refractivity contribution in [1.29, 1.82) is 0 Å². The summed E-state index contributed by atoms with van der Waals surface area (Å²) in [5.41, 5.74) is 10.0. The molecule has 0 saturated carbocycles. The maximum Gasteiger partial charge on any atom is 0.161 e. The lowest BCUT2D eigenvalue weighted by molar-refractivity contribution is 0.673. The average molecular weight is 592 g/mol. The van der Waals surface area contributed by atoms with Crippen LogP contribution in [0.25, 0.3) is 91.9 Å². The Morgan fingerprint density at radius 1 is 0.511 bits per heavy atom. The Hall–Kier alpha value is -5.64. The molecule has 0 radical (unpaired) electrons. The minimum absolute atomic E-state index is 0.899. The molecular weight excluding hydrogens is 567 g/mol. The largest absolute Gasteiger partial charge is 0.454 e. The van der Waals surface area contributed by atoms with Crippen LogP contribution in [0, 0.1) is 0 Å². The molecule has 0 bridgehead atoms. The predicted octanol–water partition coefficient (Wildman–Crippen LogP) is 12.4. The lowest BCUT2D eigenvalue weighted by Crippen LogP contribution is -1.93. The van der Waals surface area contributed by atoms with E-state index >= 15 is 0 Å². The van der Waals surface area contributed by atoms with Gasteiger partial charge in [0, 0.05) is 31.2 Å². The van der Waals surface area contributed by atoms with Crippen molar-refractivity contribution in [3.63, 3.8) is 0 Å². The van der Waals surface area contributed by atoms with Crippen molar-refractivity contribution < 1.29 is 4.42 Å². The fraction of sp³-hybridized carbons (Fsp3) is 0. The zero-order valence-corrected chi connectivity index (χ0v) is 25.0. The van der Waals surface area contributed by atoms with E-state index in [4.69, 9.17) is 4.42 Å². The molecule has 0 amide bonds. The zero-order valence-electron chi connectivity index (χ0n) is 24.2. The molecule has 7 aromatic carbocycles. The summed E-state index contributed by atoms with van der Waals surface area (Å²) < 4.78 is 11.7. The summed E-state index contributed by atoms with van der Waals surface area (Å²) in [4.78, 5) is 0. The van der Waals surface area contributed by atoms with Crippen molar-refractivity contribution in [2.45, 2.75) is 0 Å². The molecule has 0 saturated heterocycles. The molecule has 2 nitrogen and oxygen atoms in total. The first-order valence-electron chi connectivity index (χ1n) is 15.3. The molecule has 0 aliphatic carbocycles. The molecule has 210 valence electrons. The minimum Gasteiger partial charge on any atom is -0.454 e. The van der Waals surface area contributed by atoms with E-state index in [1.807, 2.05) is 11.3 Å². The van der Waals surface area contributed by atoms with E-state index in [9.17, 15) is 0 Å². The summed E-state index contributed by atoms with van der Waals surface area (Å²) in [6, 6.07) is 54.6. The van der Waals surface area contributed by atoms with E-state index in [0.717, 1.165) is 38.7 Å². The van der Waals surface area contributed by atoms with Crippen molar-refractivity contribution in [3.05, 3.63) is 152 Å². The fourth-order valence-corrected chi connectivity index (χ4v) is 8.51. The maximum atomic E-state index is 6.66. The van der Waals surface area contributed by atoms with Gasteiger partial charge in [0.2, 0.25) is 0 Å². The van der Waals surface area contributed by atoms with Crippen molar-refractivity contribution in [2.75, 3.05) is 0 Å². The van der Waals surface area contributed by atoms with Crippen LogP contribution in [0.2, 0.25) is 0 Å². The number of furan rings is 1. The first-order chi connectivity index (χ1) is 22.3. The van der Waals surface area contributed by atoms with Gasteiger partial charge < -0.3 is 8.98 Å².